The summed E-state index contributed by atoms with van der Waals surface area (Å²) in [7, 11) is 0. The lowest BCUT2D eigenvalue weighted by Gasteiger charge is -2.28. The number of likely N-dealkylation sites (tertiary alicyclic amines) is 1. The second-order valence-corrected chi connectivity index (χ2v) is 4.68. The van der Waals surface area contributed by atoms with E-state index >= 15 is 0 Å². The van der Waals surface area contributed by atoms with E-state index < -0.39 is 0 Å². The van der Waals surface area contributed by atoms with Crippen molar-refractivity contribution in [2.75, 3.05) is 12.4 Å². The zero-order chi connectivity index (χ0) is 12.1. The van der Waals surface area contributed by atoms with E-state index in [1.165, 1.54) is 6.42 Å². The van der Waals surface area contributed by atoms with E-state index in [-0.39, 0.29) is 11.9 Å². The Morgan fingerprint density at radius 2 is 2.29 bits per heavy atom. The van der Waals surface area contributed by atoms with Crippen LogP contribution in [0.4, 0.5) is 0 Å². The first-order chi connectivity index (χ1) is 8.33. The van der Waals surface area contributed by atoms with Crippen molar-refractivity contribution in [1.82, 2.24) is 9.88 Å². The normalized spacial score (nSPS) is 21.0. The van der Waals surface area contributed by atoms with Crippen LogP contribution in [0.3, 0.4) is 0 Å². The topological polar surface area (TPSA) is 33.2 Å². The number of hydrogen-bond acceptors (Lipinski definition) is 2. The molecule has 4 heteroatoms. The fourth-order valence-corrected chi connectivity index (χ4v) is 2.56. The molecular formula is C13H17ClN2O. The molecule has 1 saturated heterocycles. The predicted octanol–water partition coefficient (Wildman–Crippen LogP) is 2.71. The lowest BCUT2D eigenvalue weighted by atomic mass is 10.1. The fourth-order valence-electron chi connectivity index (χ4n) is 2.24. The lowest BCUT2D eigenvalue weighted by molar-refractivity contribution is 0.0694. The highest BCUT2D eigenvalue weighted by molar-refractivity contribution is 6.18. The number of carbonyl (C=O) groups excluding carboxylic acids is 1. The molecule has 0 aromatic carbocycles. The Kier molecular flexibility index (Phi) is 4.37. The Morgan fingerprint density at radius 1 is 1.41 bits per heavy atom. The van der Waals surface area contributed by atoms with Crippen molar-refractivity contribution in [3.63, 3.8) is 0 Å². The molecule has 2 heterocycles. The molecule has 1 aliphatic heterocycles. The van der Waals surface area contributed by atoms with Gasteiger partial charge in [-0.05, 0) is 25.0 Å². The maximum Gasteiger partial charge on any atom is 0.272 e. The Labute approximate surface area is 107 Å². The molecule has 1 unspecified atom stereocenters. The highest BCUT2D eigenvalue weighted by Crippen LogP contribution is 2.19. The van der Waals surface area contributed by atoms with Crippen LogP contribution in [0.25, 0.3) is 0 Å². The largest absolute Gasteiger partial charge is 0.333 e. The summed E-state index contributed by atoms with van der Waals surface area (Å²) in [5.74, 6) is 0.525. The predicted molar refractivity (Wildman–Crippen MR) is 68.2 cm³/mol. The van der Waals surface area contributed by atoms with Gasteiger partial charge in [-0.3, -0.25) is 9.78 Å². The van der Waals surface area contributed by atoms with Gasteiger partial charge in [0.1, 0.15) is 5.69 Å². The molecule has 0 spiro atoms. The molecule has 1 atom stereocenters. The molecule has 0 radical (unpaired) electrons. The summed E-state index contributed by atoms with van der Waals surface area (Å²) in [6.07, 6.45) is 6.05. The first kappa shape index (κ1) is 12.4. The quantitative estimate of drug-likeness (QED) is 0.759. The number of nitrogens with zero attached hydrogens (tertiary/aromatic N) is 2. The van der Waals surface area contributed by atoms with Crippen LogP contribution in [0, 0.1) is 0 Å². The summed E-state index contributed by atoms with van der Waals surface area (Å²) in [5, 5.41) is 0. The number of hydrogen-bond donors (Lipinski definition) is 0. The third-order valence-electron chi connectivity index (χ3n) is 3.20. The zero-order valence-corrected chi connectivity index (χ0v) is 10.6. The number of carbonyl (C=O) groups is 1. The van der Waals surface area contributed by atoms with Gasteiger partial charge < -0.3 is 4.90 Å². The standard InChI is InChI=1S/C13H17ClN2O/c14-10-11-6-2-1-5-9-16(11)13(17)12-7-3-4-8-15-12/h3-4,7-8,11H,1-2,5-6,9-10H2. The van der Waals surface area contributed by atoms with Crippen molar-refractivity contribution in [3.8, 4) is 0 Å². The minimum atomic E-state index is 0.0122. The molecule has 17 heavy (non-hydrogen) atoms. The lowest BCUT2D eigenvalue weighted by Crippen LogP contribution is -2.41. The summed E-state index contributed by atoms with van der Waals surface area (Å²) >= 11 is 5.96. The van der Waals surface area contributed by atoms with Gasteiger partial charge in [0.05, 0.1) is 0 Å². The smallest absolute Gasteiger partial charge is 0.272 e. The number of amides is 1. The number of halogens is 1. The number of rotatable bonds is 2. The summed E-state index contributed by atoms with van der Waals surface area (Å²) in [6.45, 7) is 0.798. The monoisotopic (exact) mass is 252 g/mol. The summed E-state index contributed by atoms with van der Waals surface area (Å²) in [6, 6.07) is 5.58. The van der Waals surface area contributed by atoms with Crippen molar-refractivity contribution in [2.24, 2.45) is 0 Å². The van der Waals surface area contributed by atoms with Crippen LogP contribution >= 0.6 is 11.6 Å². The van der Waals surface area contributed by atoms with Crippen LogP contribution in [0.1, 0.15) is 36.2 Å². The number of alkyl halides is 1. The first-order valence-corrected chi connectivity index (χ1v) is 6.64. The highest BCUT2D eigenvalue weighted by Gasteiger charge is 2.25. The molecule has 1 aromatic rings. The van der Waals surface area contributed by atoms with Crippen molar-refractivity contribution in [3.05, 3.63) is 30.1 Å². The summed E-state index contributed by atoms with van der Waals surface area (Å²) in [4.78, 5) is 18.3. The Morgan fingerprint density at radius 3 is 3.00 bits per heavy atom. The molecule has 0 aliphatic carbocycles. The molecule has 0 saturated carbocycles. The van der Waals surface area contributed by atoms with Crippen molar-refractivity contribution in [1.29, 1.82) is 0 Å². The maximum atomic E-state index is 12.3. The highest BCUT2D eigenvalue weighted by atomic mass is 35.5. The van der Waals surface area contributed by atoms with Gasteiger partial charge in [0, 0.05) is 24.7 Å². The molecule has 0 bridgehead atoms. The second kappa shape index (κ2) is 6.01. The van der Waals surface area contributed by atoms with Crippen LogP contribution in [0.5, 0.6) is 0 Å². The third-order valence-corrected chi connectivity index (χ3v) is 3.56. The molecule has 1 amide bonds. The third kappa shape index (κ3) is 2.97. The first-order valence-electron chi connectivity index (χ1n) is 6.11. The van der Waals surface area contributed by atoms with Gasteiger partial charge in [0.15, 0.2) is 0 Å². The molecule has 2 rings (SSSR count). The zero-order valence-electron chi connectivity index (χ0n) is 9.81. The van der Waals surface area contributed by atoms with Gasteiger partial charge >= 0.3 is 0 Å². The minimum Gasteiger partial charge on any atom is -0.333 e. The van der Waals surface area contributed by atoms with Crippen molar-refractivity contribution < 1.29 is 4.79 Å². The van der Waals surface area contributed by atoms with E-state index in [0.717, 1.165) is 25.8 Å². The molecule has 1 aromatic heterocycles. The van der Waals surface area contributed by atoms with E-state index in [1.54, 1.807) is 12.3 Å². The molecular weight excluding hydrogens is 236 g/mol. The molecule has 0 N–H and O–H groups in total. The van der Waals surface area contributed by atoms with Gasteiger partial charge in [-0.1, -0.05) is 18.9 Å². The van der Waals surface area contributed by atoms with Crippen molar-refractivity contribution in [2.45, 2.75) is 31.7 Å². The van der Waals surface area contributed by atoms with Crippen LogP contribution in [0.2, 0.25) is 0 Å². The van der Waals surface area contributed by atoms with Crippen LogP contribution in [-0.4, -0.2) is 34.3 Å². The van der Waals surface area contributed by atoms with E-state index in [1.807, 2.05) is 17.0 Å². The minimum absolute atomic E-state index is 0.0122. The van der Waals surface area contributed by atoms with Gasteiger partial charge in [-0.15, -0.1) is 11.6 Å². The van der Waals surface area contributed by atoms with Crippen LogP contribution in [0.15, 0.2) is 24.4 Å². The van der Waals surface area contributed by atoms with Gasteiger partial charge in [-0.25, -0.2) is 0 Å². The van der Waals surface area contributed by atoms with E-state index in [9.17, 15) is 4.79 Å². The summed E-state index contributed by atoms with van der Waals surface area (Å²) < 4.78 is 0. The SMILES string of the molecule is O=C(c1ccccn1)N1CCCCCC1CCl. The average Bonchev–Trinajstić information content (AvgIpc) is 2.64. The van der Waals surface area contributed by atoms with Gasteiger partial charge in [0.25, 0.3) is 5.91 Å². The average molecular weight is 253 g/mol. The van der Waals surface area contributed by atoms with E-state index in [2.05, 4.69) is 4.98 Å². The van der Waals surface area contributed by atoms with Crippen LogP contribution < -0.4 is 0 Å². The van der Waals surface area contributed by atoms with Crippen LogP contribution in [-0.2, 0) is 0 Å². The fraction of sp³-hybridized carbons (Fsp3) is 0.538. The molecule has 92 valence electrons. The molecule has 1 fully saturated rings. The van der Waals surface area contributed by atoms with E-state index in [0.29, 0.717) is 11.6 Å². The number of aromatic nitrogens is 1. The number of pyridine rings is 1. The Hall–Kier alpha value is -1.09. The Balaban J connectivity index is 2.16. The van der Waals surface area contributed by atoms with Gasteiger partial charge in [-0.2, -0.15) is 0 Å². The maximum absolute atomic E-state index is 12.3. The van der Waals surface area contributed by atoms with Crippen molar-refractivity contribution >= 4 is 17.5 Å². The second-order valence-electron chi connectivity index (χ2n) is 4.37. The Bertz CT molecular complexity index is 369. The van der Waals surface area contributed by atoms with E-state index in [4.69, 9.17) is 11.6 Å². The van der Waals surface area contributed by atoms with Gasteiger partial charge in [0.2, 0.25) is 0 Å². The molecule has 1 aliphatic rings. The summed E-state index contributed by atoms with van der Waals surface area (Å²) in [5.41, 5.74) is 0.518. The molecule has 3 nitrogen and oxygen atoms in total.